The molecule has 1 aromatic carbocycles. The van der Waals surface area contributed by atoms with Crippen LogP contribution in [0.5, 0.6) is 0 Å². The Hall–Kier alpha value is -1.56. The van der Waals surface area contributed by atoms with Gasteiger partial charge in [0.1, 0.15) is 11.4 Å². The first-order valence-corrected chi connectivity index (χ1v) is 8.40. The first-order valence-electron chi connectivity index (χ1n) is 7.17. The first-order chi connectivity index (χ1) is 10.3. The predicted molar refractivity (Wildman–Crippen MR) is 88.2 cm³/mol. The van der Waals surface area contributed by atoms with Gasteiger partial charge in [0, 0.05) is 0 Å². The van der Waals surface area contributed by atoms with E-state index >= 15 is 0 Å². The molecule has 4 nitrogen and oxygen atoms in total. The lowest BCUT2D eigenvalue weighted by Gasteiger charge is -2.28. The van der Waals surface area contributed by atoms with Gasteiger partial charge in [-0.05, 0) is 69.0 Å². The summed E-state index contributed by atoms with van der Waals surface area (Å²) in [6.07, 6.45) is 3.33. The van der Waals surface area contributed by atoms with Crippen LogP contribution in [0, 0.1) is 11.7 Å². The summed E-state index contributed by atoms with van der Waals surface area (Å²) in [7, 11) is 0. The van der Waals surface area contributed by atoms with Gasteiger partial charge >= 0.3 is 6.09 Å². The van der Waals surface area contributed by atoms with Crippen LogP contribution in [0.15, 0.2) is 23.2 Å². The third kappa shape index (κ3) is 4.47. The van der Waals surface area contributed by atoms with Crippen LogP contribution in [0.3, 0.4) is 0 Å². The molecular weight excluding hydrogens is 303 g/mol. The number of thioether (sulfide) groups is 1. The van der Waals surface area contributed by atoms with Crippen molar-refractivity contribution in [2.45, 2.75) is 38.7 Å². The number of nitrogens with two attached hydrogens (primary N) is 1. The lowest BCUT2D eigenvalue weighted by Crippen LogP contribution is -2.34. The SMILES string of the molecule is CSC1=Nc2ccc(F)cc2CC(CC(C)(C)OC(N)=O)C1. The lowest BCUT2D eigenvalue weighted by atomic mass is 9.86. The molecule has 0 aromatic heterocycles. The highest BCUT2D eigenvalue weighted by atomic mass is 32.2. The van der Waals surface area contributed by atoms with E-state index in [4.69, 9.17) is 10.5 Å². The average molecular weight is 324 g/mol. The maximum Gasteiger partial charge on any atom is 0.405 e. The number of halogens is 1. The minimum atomic E-state index is -0.774. The number of hydrogen-bond acceptors (Lipinski definition) is 4. The van der Waals surface area contributed by atoms with Crippen LogP contribution >= 0.6 is 11.8 Å². The third-order valence-electron chi connectivity index (χ3n) is 3.65. The van der Waals surface area contributed by atoms with Gasteiger partial charge in [0.15, 0.2) is 0 Å². The molecule has 1 aromatic rings. The summed E-state index contributed by atoms with van der Waals surface area (Å²) >= 11 is 1.59. The summed E-state index contributed by atoms with van der Waals surface area (Å²) in [5, 5.41) is 1.00. The average Bonchev–Trinajstić information content (AvgIpc) is 2.54. The Morgan fingerprint density at radius 1 is 1.50 bits per heavy atom. The van der Waals surface area contributed by atoms with Crippen LogP contribution in [0.1, 0.15) is 32.3 Å². The highest BCUT2D eigenvalue weighted by molar-refractivity contribution is 8.13. The zero-order chi connectivity index (χ0) is 16.3. The van der Waals surface area contributed by atoms with Gasteiger partial charge < -0.3 is 10.5 Å². The number of carbonyl (C=O) groups is 1. The zero-order valence-electron chi connectivity index (χ0n) is 13.1. The van der Waals surface area contributed by atoms with E-state index in [1.165, 1.54) is 12.1 Å². The molecule has 0 aliphatic carbocycles. The molecule has 0 saturated carbocycles. The second-order valence-corrected chi connectivity index (χ2v) is 7.02. The van der Waals surface area contributed by atoms with E-state index in [0.717, 1.165) is 22.7 Å². The van der Waals surface area contributed by atoms with Crippen LogP contribution in [0.4, 0.5) is 14.9 Å². The molecule has 1 atom stereocenters. The third-order valence-corrected chi connectivity index (χ3v) is 4.38. The maximum absolute atomic E-state index is 13.5. The van der Waals surface area contributed by atoms with Crippen molar-refractivity contribution in [3.63, 3.8) is 0 Å². The molecule has 2 rings (SSSR count). The van der Waals surface area contributed by atoms with Crippen molar-refractivity contribution >= 4 is 28.6 Å². The summed E-state index contributed by atoms with van der Waals surface area (Å²) in [4.78, 5) is 15.6. The highest BCUT2D eigenvalue weighted by Crippen LogP contribution is 2.35. The minimum Gasteiger partial charge on any atom is -0.444 e. The molecular formula is C16H21FN2O2S. The van der Waals surface area contributed by atoms with E-state index in [0.29, 0.717) is 12.8 Å². The number of carbonyl (C=O) groups excluding carboxylic acids is 1. The van der Waals surface area contributed by atoms with Gasteiger partial charge in [-0.1, -0.05) is 0 Å². The molecule has 1 amide bonds. The number of rotatable bonds is 3. The highest BCUT2D eigenvalue weighted by Gasteiger charge is 2.29. The fourth-order valence-corrected chi connectivity index (χ4v) is 3.51. The minimum absolute atomic E-state index is 0.212. The largest absolute Gasteiger partial charge is 0.444 e. The molecule has 2 N–H and O–H groups in total. The molecule has 22 heavy (non-hydrogen) atoms. The quantitative estimate of drug-likeness (QED) is 0.912. The topological polar surface area (TPSA) is 64.7 Å². The Balaban J connectivity index is 2.24. The standard InChI is InChI=1S/C16H21FN2O2S/c1-16(2,21-15(18)20)9-10-6-11-8-12(17)4-5-13(11)19-14(7-10)22-3/h4-5,8,10H,6-7,9H2,1-3H3,(H2,18,20). The number of fused-ring (bicyclic) bond motifs is 1. The number of nitrogens with zero attached hydrogens (tertiary/aromatic N) is 1. The van der Waals surface area contributed by atoms with Gasteiger partial charge in [-0.25, -0.2) is 14.2 Å². The monoisotopic (exact) mass is 324 g/mol. The Morgan fingerprint density at radius 3 is 2.86 bits per heavy atom. The molecule has 0 radical (unpaired) electrons. The number of benzene rings is 1. The summed E-state index contributed by atoms with van der Waals surface area (Å²) in [5.41, 5.74) is 6.18. The zero-order valence-corrected chi connectivity index (χ0v) is 13.9. The molecule has 120 valence electrons. The molecule has 0 spiro atoms. The van der Waals surface area contributed by atoms with E-state index in [1.54, 1.807) is 17.8 Å². The Kier molecular flexibility index (Phi) is 5.11. The van der Waals surface area contributed by atoms with E-state index < -0.39 is 11.7 Å². The normalized spacial score (nSPS) is 18.2. The molecule has 6 heteroatoms. The smallest absolute Gasteiger partial charge is 0.405 e. The van der Waals surface area contributed by atoms with Crippen LogP contribution < -0.4 is 5.73 Å². The van der Waals surface area contributed by atoms with Crippen molar-refractivity contribution in [1.82, 2.24) is 0 Å². The van der Waals surface area contributed by atoms with E-state index in [-0.39, 0.29) is 11.7 Å². The maximum atomic E-state index is 13.5. The fourth-order valence-electron chi connectivity index (χ4n) is 2.92. The molecule has 0 bridgehead atoms. The van der Waals surface area contributed by atoms with Crippen LogP contribution in [-0.2, 0) is 11.2 Å². The van der Waals surface area contributed by atoms with Gasteiger partial charge in [-0.3, -0.25) is 0 Å². The van der Waals surface area contributed by atoms with Crippen LogP contribution in [0.25, 0.3) is 0 Å². The van der Waals surface area contributed by atoms with Gasteiger partial charge in [-0.15, -0.1) is 11.8 Å². The van der Waals surface area contributed by atoms with Crippen molar-refractivity contribution in [1.29, 1.82) is 0 Å². The molecule has 0 fully saturated rings. The molecule has 0 saturated heterocycles. The first kappa shape index (κ1) is 16.8. The summed E-state index contributed by atoms with van der Waals surface area (Å²) in [6, 6.07) is 4.69. The summed E-state index contributed by atoms with van der Waals surface area (Å²) in [6.45, 7) is 3.68. The molecule has 1 aliphatic rings. The van der Waals surface area contributed by atoms with Gasteiger partial charge in [0.25, 0.3) is 0 Å². The second kappa shape index (κ2) is 6.69. The van der Waals surface area contributed by atoms with Gasteiger partial charge in [0.05, 0.1) is 10.7 Å². The second-order valence-electron chi connectivity index (χ2n) is 6.14. The lowest BCUT2D eigenvalue weighted by molar-refractivity contribution is 0.0273. The number of ether oxygens (including phenoxy) is 1. The van der Waals surface area contributed by atoms with Gasteiger partial charge in [0.2, 0.25) is 0 Å². The van der Waals surface area contributed by atoms with Crippen LogP contribution in [-0.4, -0.2) is 23.0 Å². The number of primary amides is 1. The van der Waals surface area contributed by atoms with Crippen molar-refractivity contribution in [2.24, 2.45) is 16.6 Å². The Labute approximate surface area is 134 Å². The number of aliphatic imine (C=N–C) groups is 1. The summed E-state index contributed by atoms with van der Waals surface area (Å²) < 4.78 is 18.7. The van der Waals surface area contributed by atoms with Gasteiger partial charge in [-0.2, -0.15) is 0 Å². The molecule has 1 heterocycles. The molecule has 1 aliphatic heterocycles. The summed E-state index contributed by atoms with van der Waals surface area (Å²) in [5.74, 6) is -0.0449. The van der Waals surface area contributed by atoms with Crippen LogP contribution in [0.2, 0.25) is 0 Å². The van der Waals surface area contributed by atoms with Crippen molar-refractivity contribution in [2.75, 3.05) is 6.26 Å². The Morgan fingerprint density at radius 2 is 2.23 bits per heavy atom. The van der Waals surface area contributed by atoms with Crippen molar-refractivity contribution in [3.8, 4) is 0 Å². The van der Waals surface area contributed by atoms with Crippen molar-refractivity contribution < 1.29 is 13.9 Å². The van der Waals surface area contributed by atoms with E-state index in [1.807, 2.05) is 20.1 Å². The van der Waals surface area contributed by atoms with E-state index in [2.05, 4.69) is 4.99 Å². The molecule has 1 unspecified atom stereocenters. The number of hydrogen-bond donors (Lipinski definition) is 1. The Bertz CT molecular complexity index is 602. The fraction of sp³-hybridized carbons (Fsp3) is 0.500. The van der Waals surface area contributed by atoms with Crippen molar-refractivity contribution in [3.05, 3.63) is 29.6 Å². The predicted octanol–water partition coefficient (Wildman–Crippen LogP) is 4.05. The number of amides is 1. The van der Waals surface area contributed by atoms with E-state index in [9.17, 15) is 9.18 Å².